The van der Waals surface area contributed by atoms with Gasteiger partial charge in [-0.05, 0) is 24.3 Å². The molecular weight excluding hydrogens is 350 g/mol. The molecule has 0 aromatic carbocycles. The predicted molar refractivity (Wildman–Crippen MR) is 99.1 cm³/mol. The van der Waals surface area contributed by atoms with Crippen molar-refractivity contribution in [1.29, 1.82) is 0 Å². The highest BCUT2D eigenvalue weighted by Gasteiger charge is 2.17. The van der Waals surface area contributed by atoms with Crippen LogP contribution in [0.1, 0.15) is 31.5 Å². The van der Waals surface area contributed by atoms with Crippen LogP contribution in [0.25, 0.3) is 0 Å². The number of rotatable bonds is 5. The molecule has 0 radical (unpaired) electrons. The third kappa shape index (κ3) is 3.61. The smallest absolute Gasteiger partial charge is 0.352 e. The van der Waals surface area contributed by atoms with Gasteiger partial charge in [-0.3, -0.25) is 9.59 Å². The number of aryl methyl sites for hydroxylation is 3. The summed E-state index contributed by atoms with van der Waals surface area (Å²) in [5.74, 6) is -1.78. The number of carbonyl (C=O) groups excluding carboxylic acids is 2. The van der Waals surface area contributed by atoms with E-state index < -0.39 is 11.9 Å². The molecule has 9 nitrogen and oxygen atoms in total. The van der Waals surface area contributed by atoms with Crippen LogP contribution in [0, 0.1) is 0 Å². The van der Waals surface area contributed by atoms with Crippen molar-refractivity contribution in [2.75, 3.05) is 10.6 Å². The zero-order chi connectivity index (χ0) is 19.7. The van der Waals surface area contributed by atoms with Gasteiger partial charge < -0.3 is 29.4 Å². The van der Waals surface area contributed by atoms with E-state index in [-0.39, 0.29) is 11.6 Å². The largest absolute Gasteiger partial charge is 0.477 e. The van der Waals surface area contributed by atoms with Crippen molar-refractivity contribution in [1.82, 2.24) is 13.7 Å². The van der Waals surface area contributed by atoms with Crippen LogP contribution < -0.4 is 10.6 Å². The second-order valence-electron chi connectivity index (χ2n) is 6.17. The Morgan fingerprint density at radius 3 is 1.81 bits per heavy atom. The lowest BCUT2D eigenvalue weighted by atomic mass is 10.3. The molecule has 0 saturated carbocycles. The summed E-state index contributed by atoms with van der Waals surface area (Å²) in [6, 6.07) is 6.39. The molecule has 0 atom stereocenters. The number of carboxylic acids is 1. The summed E-state index contributed by atoms with van der Waals surface area (Å²) in [6.45, 7) is 0. The maximum Gasteiger partial charge on any atom is 0.352 e. The molecule has 0 aliphatic rings. The van der Waals surface area contributed by atoms with Gasteiger partial charge in [0, 0.05) is 39.7 Å². The molecule has 3 heterocycles. The second kappa shape index (κ2) is 6.87. The van der Waals surface area contributed by atoms with E-state index in [0.717, 1.165) is 0 Å². The van der Waals surface area contributed by atoms with Crippen molar-refractivity contribution in [2.45, 2.75) is 0 Å². The molecule has 0 aliphatic carbocycles. The molecule has 0 spiro atoms. The molecule has 27 heavy (non-hydrogen) atoms. The van der Waals surface area contributed by atoms with Gasteiger partial charge in [0.2, 0.25) is 0 Å². The number of nitrogens with zero attached hydrogens (tertiary/aromatic N) is 3. The van der Waals surface area contributed by atoms with E-state index in [1.807, 2.05) is 0 Å². The van der Waals surface area contributed by atoms with Crippen molar-refractivity contribution in [3.05, 3.63) is 59.9 Å². The third-order valence-corrected chi connectivity index (χ3v) is 4.15. The maximum atomic E-state index is 12.5. The molecule has 3 N–H and O–H groups in total. The Morgan fingerprint density at radius 2 is 1.33 bits per heavy atom. The first kappa shape index (κ1) is 18.1. The van der Waals surface area contributed by atoms with Gasteiger partial charge in [-0.2, -0.15) is 0 Å². The normalized spacial score (nSPS) is 10.6. The number of carboxylic acid groups (broad SMARTS) is 1. The molecule has 140 valence electrons. The number of carbonyl (C=O) groups is 3. The molecule has 0 aliphatic heterocycles. The number of aromatic nitrogens is 3. The number of hydrogen-bond donors (Lipinski definition) is 3. The fourth-order valence-corrected chi connectivity index (χ4v) is 2.79. The van der Waals surface area contributed by atoms with Gasteiger partial charge in [0.05, 0.1) is 11.4 Å². The van der Waals surface area contributed by atoms with Gasteiger partial charge in [0.1, 0.15) is 17.1 Å². The fourth-order valence-electron chi connectivity index (χ4n) is 2.79. The van der Waals surface area contributed by atoms with Gasteiger partial charge in [-0.15, -0.1) is 0 Å². The molecule has 0 fully saturated rings. The summed E-state index contributed by atoms with van der Waals surface area (Å²) in [7, 11) is 5.03. The van der Waals surface area contributed by atoms with Gasteiger partial charge >= 0.3 is 5.97 Å². The van der Waals surface area contributed by atoms with E-state index in [1.54, 1.807) is 60.9 Å². The number of nitrogens with one attached hydrogen (secondary N) is 2. The number of aromatic carboxylic acids is 1. The van der Waals surface area contributed by atoms with Crippen molar-refractivity contribution in [3.63, 3.8) is 0 Å². The zero-order valence-electron chi connectivity index (χ0n) is 15.1. The predicted octanol–water partition coefficient (Wildman–Crippen LogP) is 1.90. The minimum Gasteiger partial charge on any atom is -0.477 e. The quantitative estimate of drug-likeness (QED) is 0.638. The lowest BCUT2D eigenvalue weighted by Gasteiger charge is -2.03. The minimum absolute atomic E-state index is 0.0627. The van der Waals surface area contributed by atoms with E-state index in [2.05, 4.69) is 10.6 Å². The Morgan fingerprint density at radius 1 is 0.815 bits per heavy atom. The number of amides is 2. The first-order chi connectivity index (χ1) is 12.8. The van der Waals surface area contributed by atoms with Crippen molar-refractivity contribution in [2.24, 2.45) is 21.1 Å². The Labute approximate surface area is 154 Å². The van der Waals surface area contributed by atoms with Gasteiger partial charge in [0.15, 0.2) is 0 Å². The molecule has 0 saturated heterocycles. The molecule has 0 bridgehead atoms. The van der Waals surface area contributed by atoms with Crippen LogP contribution in [0.4, 0.5) is 11.4 Å². The van der Waals surface area contributed by atoms with Crippen LogP contribution in [-0.4, -0.2) is 36.6 Å². The van der Waals surface area contributed by atoms with Gasteiger partial charge in [0.25, 0.3) is 11.8 Å². The number of anilines is 2. The SMILES string of the molecule is Cn1cc(NC(=O)c2cc(NC(=O)c3cccn3C)cn2C)cc1C(=O)O. The summed E-state index contributed by atoms with van der Waals surface area (Å²) in [5, 5.41) is 14.5. The maximum absolute atomic E-state index is 12.5. The Bertz CT molecular complexity index is 1040. The Balaban J connectivity index is 1.75. The monoisotopic (exact) mass is 369 g/mol. The topological polar surface area (TPSA) is 110 Å². The lowest BCUT2D eigenvalue weighted by molar-refractivity contribution is 0.0686. The summed E-state index contributed by atoms with van der Waals surface area (Å²) >= 11 is 0. The summed E-state index contributed by atoms with van der Waals surface area (Å²) in [4.78, 5) is 35.9. The highest BCUT2D eigenvalue weighted by molar-refractivity contribution is 6.07. The van der Waals surface area contributed by atoms with E-state index in [4.69, 9.17) is 5.11 Å². The van der Waals surface area contributed by atoms with Crippen LogP contribution >= 0.6 is 0 Å². The van der Waals surface area contributed by atoms with E-state index in [0.29, 0.717) is 22.8 Å². The molecule has 9 heteroatoms. The molecule has 3 rings (SSSR count). The van der Waals surface area contributed by atoms with E-state index >= 15 is 0 Å². The first-order valence-electron chi connectivity index (χ1n) is 8.06. The average Bonchev–Trinajstić information content (AvgIpc) is 3.26. The fraction of sp³-hybridized carbons (Fsp3) is 0.167. The van der Waals surface area contributed by atoms with E-state index in [1.165, 1.54) is 16.8 Å². The third-order valence-electron chi connectivity index (χ3n) is 4.15. The number of hydrogen-bond acceptors (Lipinski definition) is 3. The summed E-state index contributed by atoms with van der Waals surface area (Å²) < 4.78 is 4.69. The highest BCUT2D eigenvalue weighted by Crippen LogP contribution is 2.18. The lowest BCUT2D eigenvalue weighted by Crippen LogP contribution is -2.15. The van der Waals surface area contributed by atoms with Crippen molar-refractivity contribution in [3.8, 4) is 0 Å². The van der Waals surface area contributed by atoms with E-state index in [9.17, 15) is 14.4 Å². The van der Waals surface area contributed by atoms with Crippen LogP contribution in [-0.2, 0) is 21.1 Å². The minimum atomic E-state index is -1.08. The van der Waals surface area contributed by atoms with Crippen LogP contribution in [0.3, 0.4) is 0 Å². The van der Waals surface area contributed by atoms with Crippen LogP contribution in [0.5, 0.6) is 0 Å². The average molecular weight is 369 g/mol. The molecular formula is C18H19N5O4. The molecule has 3 aromatic rings. The molecule has 0 unspecified atom stereocenters. The standard InChI is InChI=1S/C18H19N5O4/c1-21-6-4-5-13(21)16(24)19-11-7-14(22(2)9-11)17(25)20-12-8-15(18(26)27)23(3)10-12/h4-10H,1-3H3,(H,19,24)(H,20,25)(H,26,27). The van der Waals surface area contributed by atoms with Crippen LogP contribution in [0.2, 0.25) is 0 Å². The van der Waals surface area contributed by atoms with Crippen molar-refractivity contribution < 1.29 is 19.5 Å². The second-order valence-corrected chi connectivity index (χ2v) is 6.17. The molecule has 2 amide bonds. The summed E-state index contributed by atoms with van der Waals surface area (Å²) in [5.41, 5.74) is 1.73. The van der Waals surface area contributed by atoms with Gasteiger partial charge in [-0.1, -0.05) is 0 Å². The van der Waals surface area contributed by atoms with Crippen LogP contribution in [0.15, 0.2) is 42.9 Å². The first-order valence-corrected chi connectivity index (χ1v) is 8.06. The Kier molecular flexibility index (Phi) is 4.59. The summed E-state index contributed by atoms with van der Waals surface area (Å²) in [6.07, 6.45) is 4.91. The van der Waals surface area contributed by atoms with Crippen molar-refractivity contribution >= 4 is 29.2 Å². The molecule has 3 aromatic heterocycles. The van der Waals surface area contributed by atoms with Gasteiger partial charge in [-0.25, -0.2) is 4.79 Å². The Hall–Kier alpha value is -3.75. The highest BCUT2D eigenvalue weighted by atomic mass is 16.4. The zero-order valence-corrected chi connectivity index (χ0v) is 15.1.